The zero-order valence-electron chi connectivity index (χ0n) is 9.35. The summed E-state index contributed by atoms with van der Waals surface area (Å²) in [6, 6.07) is 2.60. The second kappa shape index (κ2) is 5.88. The smallest absolute Gasteiger partial charge is 0.321 e. The van der Waals surface area contributed by atoms with Gasteiger partial charge in [0, 0.05) is 10.0 Å². The van der Waals surface area contributed by atoms with Crippen LogP contribution >= 0.6 is 23.2 Å². The number of hydrogen-bond donors (Lipinski definition) is 2. The Morgan fingerprint density at radius 3 is 2.22 bits per heavy atom. The monoisotopic (exact) mass is 311 g/mol. The van der Waals surface area contributed by atoms with E-state index in [1.165, 1.54) is 18.2 Å². The summed E-state index contributed by atoms with van der Waals surface area (Å²) in [5.41, 5.74) is 0. The van der Waals surface area contributed by atoms with E-state index in [2.05, 4.69) is 4.72 Å². The molecule has 0 saturated carbocycles. The number of carbonyl (C=O) groups is 1. The van der Waals surface area contributed by atoms with Gasteiger partial charge in [-0.15, -0.1) is 0 Å². The Balaban J connectivity index is 3.10. The maximum absolute atomic E-state index is 11.9. The third kappa shape index (κ3) is 3.84. The highest BCUT2D eigenvalue weighted by atomic mass is 35.5. The molecule has 0 unspecified atom stereocenters. The topological polar surface area (TPSA) is 83.5 Å². The van der Waals surface area contributed by atoms with Gasteiger partial charge in [-0.1, -0.05) is 30.1 Å². The third-order valence-corrected chi connectivity index (χ3v) is 4.04. The summed E-state index contributed by atoms with van der Waals surface area (Å²) in [6.07, 6.45) is 0.128. The molecular weight excluding hydrogens is 301 g/mol. The molecule has 0 bridgehead atoms. The molecule has 0 aromatic heterocycles. The lowest BCUT2D eigenvalue weighted by Gasteiger charge is -2.13. The molecule has 1 atom stereocenters. The Hall–Kier alpha value is -0.820. The van der Waals surface area contributed by atoms with Crippen LogP contribution < -0.4 is 4.72 Å². The van der Waals surface area contributed by atoms with Gasteiger partial charge in [-0.05, 0) is 24.6 Å². The Morgan fingerprint density at radius 2 is 1.83 bits per heavy atom. The highest BCUT2D eigenvalue weighted by molar-refractivity contribution is 7.89. The van der Waals surface area contributed by atoms with E-state index >= 15 is 0 Å². The molecule has 0 spiro atoms. The molecule has 18 heavy (non-hydrogen) atoms. The van der Waals surface area contributed by atoms with Crippen LogP contribution in [0, 0.1) is 0 Å². The molecule has 5 nitrogen and oxygen atoms in total. The van der Waals surface area contributed by atoms with Crippen LogP contribution in [0.5, 0.6) is 0 Å². The van der Waals surface area contributed by atoms with Crippen LogP contribution in [0.4, 0.5) is 0 Å². The molecule has 2 N–H and O–H groups in total. The second-order valence-electron chi connectivity index (χ2n) is 3.53. The summed E-state index contributed by atoms with van der Waals surface area (Å²) in [5.74, 6) is -1.24. The van der Waals surface area contributed by atoms with Crippen molar-refractivity contribution in [2.45, 2.75) is 24.3 Å². The van der Waals surface area contributed by atoms with Crippen molar-refractivity contribution >= 4 is 39.2 Å². The van der Waals surface area contributed by atoms with Gasteiger partial charge in [-0.25, -0.2) is 8.42 Å². The van der Waals surface area contributed by atoms with Gasteiger partial charge < -0.3 is 5.11 Å². The van der Waals surface area contributed by atoms with Crippen LogP contribution in [0.15, 0.2) is 23.1 Å². The zero-order chi connectivity index (χ0) is 13.9. The van der Waals surface area contributed by atoms with Crippen molar-refractivity contribution in [3.05, 3.63) is 28.2 Å². The summed E-state index contributed by atoms with van der Waals surface area (Å²) in [6.45, 7) is 1.56. The fourth-order valence-corrected chi connectivity index (χ4v) is 3.25. The van der Waals surface area contributed by atoms with E-state index in [1.807, 2.05) is 0 Å². The van der Waals surface area contributed by atoms with Gasteiger partial charge in [-0.3, -0.25) is 4.79 Å². The van der Waals surface area contributed by atoms with E-state index in [4.69, 9.17) is 28.3 Å². The molecule has 0 saturated heterocycles. The second-order valence-corrected chi connectivity index (χ2v) is 6.11. The molecule has 8 heteroatoms. The summed E-state index contributed by atoms with van der Waals surface area (Å²) in [4.78, 5) is 10.6. The van der Waals surface area contributed by atoms with Crippen molar-refractivity contribution in [1.29, 1.82) is 0 Å². The minimum absolute atomic E-state index is 0.128. The molecule has 100 valence electrons. The molecule has 0 radical (unpaired) electrons. The van der Waals surface area contributed by atoms with Gasteiger partial charge in [0.05, 0.1) is 4.90 Å². The van der Waals surface area contributed by atoms with E-state index < -0.39 is 22.0 Å². The van der Waals surface area contributed by atoms with Crippen molar-refractivity contribution in [3.8, 4) is 0 Å². The van der Waals surface area contributed by atoms with Crippen LogP contribution in [-0.2, 0) is 14.8 Å². The average molecular weight is 312 g/mol. The number of benzene rings is 1. The largest absolute Gasteiger partial charge is 0.480 e. The minimum Gasteiger partial charge on any atom is -0.480 e. The summed E-state index contributed by atoms with van der Waals surface area (Å²) in [5, 5.41) is 9.13. The lowest BCUT2D eigenvalue weighted by atomic mass is 10.2. The van der Waals surface area contributed by atoms with Crippen molar-refractivity contribution in [1.82, 2.24) is 4.72 Å². The molecule has 1 aromatic carbocycles. The number of rotatable bonds is 5. The molecule has 1 aromatic rings. The molecule has 0 aliphatic rings. The molecule has 0 heterocycles. The highest BCUT2D eigenvalue weighted by Gasteiger charge is 2.24. The summed E-state index contributed by atoms with van der Waals surface area (Å²) < 4.78 is 25.9. The van der Waals surface area contributed by atoms with Crippen LogP contribution in [0.3, 0.4) is 0 Å². The van der Waals surface area contributed by atoms with Crippen molar-refractivity contribution in [2.75, 3.05) is 0 Å². The lowest BCUT2D eigenvalue weighted by Crippen LogP contribution is -2.40. The molecule has 1 rings (SSSR count). The SMILES string of the molecule is CC[C@@H](NS(=O)(=O)c1cc(Cl)cc(Cl)c1)C(=O)O. The fourth-order valence-electron chi connectivity index (χ4n) is 1.25. The van der Waals surface area contributed by atoms with Crippen molar-refractivity contribution in [3.63, 3.8) is 0 Å². The maximum atomic E-state index is 11.9. The van der Waals surface area contributed by atoms with Gasteiger partial charge in [0.25, 0.3) is 0 Å². The first-order valence-electron chi connectivity index (χ1n) is 4.97. The first kappa shape index (κ1) is 15.2. The van der Waals surface area contributed by atoms with Crippen LogP contribution in [-0.4, -0.2) is 25.5 Å². The number of carboxylic acids is 1. The van der Waals surface area contributed by atoms with Crippen LogP contribution in [0.25, 0.3) is 0 Å². The minimum atomic E-state index is -3.96. The Kier molecular flexibility index (Phi) is 4.98. The van der Waals surface area contributed by atoms with E-state index in [0.717, 1.165) is 0 Å². The molecule has 0 aliphatic carbocycles. The summed E-state index contributed by atoms with van der Waals surface area (Å²) >= 11 is 11.4. The number of halogens is 2. The maximum Gasteiger partial charge on any atom is 0.321 e. The van der Waals surface area contributed by atoms with Crippen molar-refractivity contribution in [2.24, 2.45) is 0 Å². The van der Waals surface area contributed by atoms with Gasteiger partial charge in [0.15, 0.2) is 0 Å². The Morgan fingerprint density at radius 1 is 1.33 bits per heavy atom. The molecule has 0 amide bonds. The number of hydrogen-bond acceptors (Lipinski definition) is 3. The normalized spacial score (nSPS) is 13.3. The zero-order valence-corrected chi connectivity index (χ0v) is 11.7. The predicted molar refractivity (Wildman–Crippen MR) is 68.5 cm³/mol. The molecule has 0 aliphatic heterocycles. The van der Waals surface area contributed by atoms with Crippen LogP contribution in [0.2, 0.25) is 10.0 Å². The van der Waals surface area contributed by atoms with Crippen molar-refractivity contribution < 1.29 is 18.3 Å². The lowest BCUT2D eigenvalue weighted by molar-refractivity contribution is -0.139. The first-order chi connectivity index (χ1) is 8.26. The van der Waals surface area contributed by atoms with E-state index in [1.54, 1.807) is 6.92 Å². The fraction of sp³-hybridized carbons (Fsp3) is 0.300. The summed E-state index contributed by atoms with van der Waals surface area (Å²) in [7, 11) is -3.96. The predicted octanol–water partition coefficient (Wildman–Crippen LogP) is 2.13. The number of aliphatic carboxylic acids is 1. The van der Waals surface area contributed by atoms with Gasteiger partial charge >= 0.3 is 5.97 Å². The number of sulfonamides is 1. The number of carboxylic acid groups (broad SMARTS) is 1. The van der Waals surface area contributed by atoms with Gasteiger partial charge in [0.1, 0.15) is 6.04 Å². The van der Waals surface area contributed by atoms with Gasteiger partial charge in [-0.2, -0.15) is 4.72 Å². The van der Waals surface area contributed by atoms with E-state index in [-0.39, 0.29) is 21.4 Å². The Bertz CT molecular complexity index is 539. The van der Waals surface area contributed by atoms with E-state index in [0.29, 0.717) is 0 Å². The average Bonchev–Trinajstić information content (AvgIpc) is 2.24. The number of nitrogens with one attached hydrogen (secondary N) is 1. The van der Waals surface area contributed by atoms with E-state index in [9.17, 15) is 13.2 Å². The standard InChI is InChI=1S/C10H11Cl2NO4S/c1-2-9(10(14)15)13-18(16,17)8-4-6(11)3-7(12)5-8/h3-5,9,13H,2H2,1H3,(H,14,15)/t9-/m1/s1. The Labute approximate surface area is 115 Å². The quantitative estimate of drug-likeness (QED) is 0.872. The van der Waals surface area contributed by atoms with Gasteiger partial charge in [0.2, 0.25) is 10.0 Å². The van der Waals surface area contributed by atoms with Crippen LogP contribution in [0.1, 0.15) is 13.3 Å². The molecule has 0 fully saturated rings. The first-order valence-corrected chi connectivity index (χ1v) is 7.21. The third-order valence-electron chi connectivity index (χ3n) is 2.15. The highest BCUT2D eigenvalue weighted by Crippen LogP contribution is 2.22. The molecular formula is C10H11Cl2NO4S.